The van der Waals surface area contributed by atoms with Gasteiger partial charge in [-0.05, 0) is 0 Å². The van der Waals surface area contributed by atoms with Crippen LogP contribution in [0.3, 0.4) is 0 Å². The van der Waals surface area contributed by atoms with Crippen LogP contribution in [-0.2, 0) is 4.79 Å². The van der Waals surface area contributed by atoms with Gasteiger partial charge in [-0.2, -0.15) is 0 Å². The Bertz CT molecular complexity index is 848. The van der Waals surface area contributed by atoms with Crippen molar-refractivity contribution in [1.82, 2.24) is 0 Å². The van der Waals surface area contributed by atoms with Crippen LogP contribution in [0.2, 0.25) is 4.82 Å². The molecule has 0 amide bonds. The first-order valence-corrected chi connectivity index (χ1v) is 11.3. The van der Waals surface area contributed by atoms with Gasteiger partial charge in [0.1, 0.15) is 0 Å². The van der Waals surface area contributed by atoms with Crippen molar-refractivity contribution in [3.8, 4) is 0 Å². The van der Waals surface area contributed by atoms with E-state index in [9.17, 15) is 9.90 Å². The minimum absolute atomic E-state index is 0.106. The van der Waals surface area contributed by atoms with E-state index in [1.807, 2.05) is 66.7 Å². The quantitative estimate of drug-likeness (QED) is 0.379. The second kappa shape index (κ2) is 10.7. The third-order valence-corrected chi connectivity index (χ3v) is 7.11. The maximum absolute atomic E-state index is 11.6. The predicted octanol–water partition coefficient (Wildman–Crippen LogP) is 3.86. The van der Waals surface area contributed by atoms with Gasteiger partial charge in [-0.1, -0.05) is 0 Å². The number of carbonyl (C=O) groups is 1. The summed E-state index contributed by atoms with van der Waals surface area (Å²) in [6, 6.07) is 30.5. The van der Waals surface area contributed by atoms with Gasteiger partial charge in [0.25, 0.3) is 0 Å². The number of hydrogen-bond acceptors (Lipinski definition) is 2. The number of rotatable bonds is 9. The average molecular weight is 434 g/mol. The number of carboxylic acids is 1. The summed E-state index contributed by atoms with van der Waals surface area (Å²) in [6.07, 6.45) is 4.54. The first kappa shape index (κ1) is 20.1. The summed E-state index contributed by atoms with van der Waals surface area (Å²) in [5.74, 6) is -0.931. The number of allylic oxidation sites excluding steroid dienone is 1. The van der Waals surface area contributed by atoms with E-state index in [0.717, 1.165) is 17.3 Å². The standard InChI is InChI=1S/C25H24O2Se/c26-25(27)24(28-22-16-8-3-9-17-22)19-11-10-18-23(20-12-4-1-5-13-20)21-14-6-2-7-15-21/h1-9,12-18,24H,10-11,19H2,(H,26,27)/p-1. The van der Waals surface area contributed by atoms with Crippen molar-refractivity contribution in [1.29, 1.82) is 0 Å². The van der Waals surface area contributed by atoms with Gasteiger partial charge in [0.05, 0.1) is 0 Å². The van der Waals surface area contributed by atoms with Crippen LogP contribution in [0, 0.1) is 0 Å². The molecule has 0 radical (unpaired) electrons. The number of carbonyl (C=O) groups excluding carboxylic acids is 1. The van der Waals surface area contributed by atoms with Crippen LogP contribution in [0.15, 0.2) is 97.1 Å². The topological polar surface area (TPSA) is 40.1 Å². The van der Waals surface area contributed by atoms with E-state index >= 15 is 0 Å². The molecule has 0 spiro atoms. The summed E-state index contributed by atoms with van der Waals surface area (Å²) in [6.45, 7) is 0. The Morgan fingerprint density at radius 3 is 1.82 bits per heavy atom. The van der Waals surface area contributed by atoms with Crippen LogP contribution in [0.5, 0.6) is 0 Å². The van der Waals surface area contributed by atoms with Gasteiger partial charge in [-0.3, -0.25) is 0 Å². The van der Waals surface area contributed by atoms with Gasteiger partial charge in [-0.15, -0.1) is 0 Å². The normalized spacial score (nSPS) is 11.6. The van der Waals surface area contributed by atoms with Crippen molar-refractivity contribution >= 4 is 31.0 Å². The molecule has 3 aromatic carbocycles. The first-order chi connectivity index (χ1) is 13.7. The van der Waals surface area contributed by atoms with E-state index in [4.69, 9.17) is 0 Å². The molecule has 3 rings (SSSR count). The number of aliphatic carboxylic acids is 1. The Labute approximate surface area is 173 Å². The van der Waals surface area contributed by atoms with Crippen LogP contribution in [0.25, 0.3) is 5.57 Å². The first-order valence-electron chi connectivity index (χ1n) is 9.47. The molecule has 0 heterocycles. The molecule has 0 aliphatic carbocycles. The van der Waals surface area contributed by atoms with Crippen molar-refractivity contribution in [3.63, 3.8) is 0 Å². The molecule has 0 aliphatic heterocycles. The molecule has 2 nitrogen and oxygen atoms in total. The Balaban J connectivity index is 1.67. The second-order valence-corrected chi connectivity index (χ2v) is 9.20. The molecule has 3 aromatic rings. The summed E-state index contributed by atoms with van der Waals surface area (Å²) in [5, 5.41) is 11.6. The van der Waals surface area contributed by atoms with Crippen LogP contribution < -0.4 is 9.57 Å². The van der Waals surface area contributed by atoms with Gasteiger partial charge < -0.3 is 0 Å². The zero-order valence-electron chi connectivity index (χ0n) is 15.7. The molecule has 0 saturated carbocycles. The van der Waals surface area contributed by atoms with Gasteiger partial charge in [0, 0.05) is 0 Å². The van der Waals surface area contributed by atoms with Crippen molar-refractivity contribution in [3.05, 3.63) is 108 Å². The fourth-order valence-corrected chi connectivity index (χ4v) is 5.22. The minimum atomic E-state index is -0.931. The molecule has 0 fully saturated rings. The zero-order valence-corrected chi connectivity index (χ0v) is 17.4. The Morgan fingerprint density at radius 1 is 0.821 bits per heavy atom. The summed E-state index contributed by atoms with van der Waals surface area (Å²) >= 11 is -0.106. The third-order valence-electron chi connectivity index (χ3n) is 4.47. The predicted molar refractivity (Wildman–Crippen MR) is 114 cm³/mol. The molecule has 1 atom stereocenters. The van der Waals surface area contributed by atoms with Crippen molar-refractivity contribution in [2.45, 2.75) is 24.1 Å². The third kappa shape index (κ3) is 5.95. The molecule has 142 valence electrons. The van der Waals surface area contributed by atoms with Crippen LogP contribution in [0.1, 0.15) is 30.4 Å². The van der Waals surface area contributed by atoms with Crippen molar-refractivity contribution in [2.24, 2.45) is 0 Å². The number of unbranched alkanes of at least 4 members (excludes halogenated alkanes) is 1. The SMILES string of the molecule is O=C([O-])C(CCCC=C(c1ccccc1)c1ccccc1)[Se]c1ccccc1. The van der Waals surface area contributed by atoms with E-state index in [2.05, 4.69) is 30.3 Å². The Morgan fingerprint density at radius 2 is 1.32 bits per heavy atom. The van der Waals surface area contributed by atoms with Gasteiger partial charge in [0.2, 0.25) is 0 Å². The zero-order chi connectivity index (χ0) is 19.6. The van der Waals surface area contributed by atoms with E-state index in [1.165, 1.54) is 16.7 Å². The van der Waals surface area contributed by atoms with E-state index in [1.54, 1.807) is 0 Å². The molecular formula is C25H23O2Se-. The number of carboxylic acid groups (broad SMARTS) is 1. The summed E-state index contributed by atoms with van der Waals surface area (Å²) < 4.78 is 1.11. The monoisotopic (exact) mass is 435 g/mol. The van der Waals surface area contributed by atoms with Crippen LogP contribution in [0.4, 0.5) is 0 Å². The van der Waals surface area contributed by atoms with Crippen LogP contribution in [-0.4, -0.2) is 20.9 Å². The van der Waals surface area contributed by atoms with E-state index < -0.39 is 5.97 Å². The fourth-order valence-electron chi connectivity index (χ4n) is 3.08. The molecular weight excluding hydrogens is 411 g/mol. The second-order valence-electron chi connectivity index (χ2n) is 6.52. The van der Waals surface area contributed by atoms with E-state index in [0.29, 0.717) is 6.42 Å². The molecule has 1 unspecified atom stereocenters. The van der Waals surface area contributed by atoms with Gasteiger partial charge >= 0.3 is 173 Å². The Hall–Kier alpha value is -2.61. The van der Waals surface area contributed by atoms with Crippen molar-refractivity contribution < 1.29 is 9.90 Å². The maximum atomic E-state index is 11.6. The summed E-state index contributed by atoms with van der Waals surface area (Å²) in [4.78, 5) is 11.2. The average Bonchev–Trinajstić information content (AvgIpc) is 2.75. The molecule has 0 bridgehead atoms. The molecule has 0 saturated heterocycles. The molecule has 0 N–H and O–H groups in total. The fraction of sp³-hybridized carbons (Fsp3) is 0.160. The molecule has 28 heavy (non-hydrogen) atoms. The van der Waals surface area contributed by atoms with Crippen molar-refractivity contribution in [2.75, 3.05) is 0 Å². The Kier molecular flexibility index (Phi) is 7.66. The van der Waals surface area contributed by atoms with Crippen LogP contribution >= 0.6 is 0 Å². The molecule has 0 aliphatic rings. The van der Waals surface area contributed by atoms with Gasteiger partial charge in [0.15, 0.2) is 0 Å². The summed E-state index contributed by atoms with van der Waals surface area (Å²) in [5.41, 5.74) is 3.55. The molecule has 0 aromatic heterocycles. The summed E-state index contributed by atoms with van der Waals surface area (Å²) in [7, 11) is 0. The number of benzene rings is 3. The molecule has 3 heteroatoms. The van der Waals surface area contributed by atoms with E-state index in [-0.39, 0.29) is 19.8 Å². The van der Waals surface area contributed by atoms with Gasteiger partial charge in [-0.25, -0.2) is 0 Å². The number of hydrogen-bond donors (Lipinski definition) is 0.